The van der Waals surface area contributed by atoms with Gasteiger partial charge >= 0.3 is 21.7 Å². The highest BCUT2D eigenvalue weighted by atomic mass is 31.2. The van der Waals surface area contributed by atoms with Crippen LogP contribution in [0, 0.1) is 0 Å². The van der Waals surface area contributed by atoms with E-state index in [4.69, 9.17) is 37.0 Å². The molecule has 0 saturated carbocycles. The maximum Gasteiger partial charge on any atom is 0.472 e. The maximum absolute atomic E-state index is 13.3. The molecule has 6 unspecified atom stereocenters. The van der Waals surface area contributed by atoms with E-state index in [1.54, 1.807) is 0 Å². The summed E-state index contributed by atoms with van der Waals surface area (Å²) in [5, 5.41) is 11.0. The molecule has 19 nitrogen and oxygen atoms in total. The molecule has 0 heterocycles. The summed E-state index contributed by atoms with van der Waals surface area (Å²) in [6, 6.07) is -2.12. The molecule has 0 saturated heterocycles. The van der Waals surface area contributed by atoms with Crippen molar-refractivity contribution in [1.29, 1.82) is 0 Å². The summed E-state index contributed by atoms with van der Waals surface area (Å²) < 4.78 is 72.8. The fourth-order valence-corrected chi connectivity index (χ4v) is 14.6. The zero-order valence-electron chi connectivity index (χ0n) is 68.4. The molecule has 0 bridgehead atoms. The van der Waals surface area contributed by atoms with Gasteiger partial charge in [0.1, 0.15) is 0 Å². The number of hydrogen-bond donors (Lipinski definition) is 6. The van der Waals surface area contributed by atoms with E-state index in [1.807, 2.05) is 0 Å². The van der Waals surface area contributed by atoms with Crippen LogP contribution in [0.1, 0.15) is 414 Å². The van der Waals surface area contributed by atoms with Gasteiger partial charge in [0, 0.05) is 52.4 Å². The van der Waals surface area contributed by atoms with Gasteiger partial charge in [-0.3, -0.25) is 27.7 Å². The minimum absolute atomic E-state index is 0.0639. The Kier molecular flexibility index (Phi) is 78.0. The number of phosphoric ester groups is 2. The molecule has 0 aromatic carbocycles. The third-order valence-corrected chi connectivity index (χ3v) is 21.6. The van der Waals surface area contributed by atoms with Gasteiger partial charge in [0.15, 0.2) is 0 Å². The van der Waals surface area contributed by atoms with Crippen molar-refractivity contribution in [2.75, 3.05) is 79.2 Å². The summed E-state index contributed by atoms with van der Waals surface area (Å²) in [4.78, 5) is 60.8. The molecule has 0 spiro atoms. The van der Waals surface area contributed by atoms with Gasteiger partial charge < -0.3 is 50.0 Å². The van der Waals surface area contributed by atoms with Gasteiger partial charge in [-0.05, 0) is 51.4 Å². The van der Waals surface area contributed by atoms with Crippen LogP contribution in [-0.2, 0) is 55.8 Å². The summed E-state index contributed by atoms with van der Waals surface area (Å²) in [5.74, 6) is -0.353. The summed E-state index contributed by atoms with van der Waals surface area (Å²) in [5.41, 5.74) is 0. The average molecular weight is 1520 g/mol. The first-order chi connectivity index (χ1) is 50.7. The van der Waals surface area contributed by atoms with E-state index in [0.29, 0.717) is 38.9 Å². The number of carbonyl (C=O) groups excluding carboxylic acids is 3. The lowest BCUT2D eigenvalue weighted by Gasteiger charge is -2.22. The van der Waals surface area contributed by atoms with Gasteiger partial charge in [-0.15, -0.1) is 0 Å². The van der Waals surface area contributed by atoms with Crippen LogP contribution in [0.25, 0.3) is 0 Å². The van der Waals surface area contributed by atoms with Crippen LogP contribution in [0.15, 0.2) is 0 Å². The predicted molar refractivity (Wildman–Crippen MR) is 432 cm³/mol. The van der Waals surface area contributed by atoms with Crippen molar-refractivity contribution in [1.82, 2.24) is 21.3 Å². The molecule has 0 radical (unpaired) electrons. The number of nitrogens with one attached hydrogen (secondary N) is 4. The number of carbonyl (C=O) groups is 3. The Balaban J connectivity index is 5.46. The maximum atomic E-state index is 13.3. The van der Waals surface area contributed by atoms with Crippen molar-refractivity contribution in [2.24, 2.45) is 0 Å². The van der Waals surface area contributed by atoms with Crippen molar-refractivity contribution in [3.63, 3.8) is 0 Å². The quantitative estimate of drug-likeness (QED) is 0.0245. The second-order valence-electron chi connectivity index (χ2n) is 30.0. The Hall–Kier alpha value is -1.73. The molecule has 0 rings (SSSR count). The Bertz CT molecular complexity index is 1800. The molecule has 21 heteroatoms. The topological polar surface area (TPSA) is 248 Å². The van der Waals surface area contributed by atoms with E-state index in [2.05, 4.69) is 62.8 Å². The van der Waals surface area contributed by atoms with E-state index in [0.717, 1.165) is 103 Å². The Morgan fingerprint density at radius 1 is 0.288 bits per heavy atom. The van der Waals surface area contributed by atoms with Gasteiger partial charge in [0.25, 0.3) is 0 Å². The monoisotopic (exact) mass is 1520 g/mol. The van der Waals surface area contributed by atoms with E-state index >= 15 is 0 Å². The van der Waals surface area contributed by atoms with Crippen molar-refractivity contribution in [3.05, 3.63) is 0 Å². The van der Waals surface area contributed by atoms with Gasteiger partial charge in [0.05, 0.1) is 63.9 Å². The van der Waals surface area contributed by atoms with E-state index in [1.165, 1.54) is 257 Å². The molecule has 0 aliphatic heterocycles. The van der Waals surface area contributed by atoms with E-state index in [-0.39, 0.29) is 76.8 Å². The van der Waals surface area contributed by atoms with Crippen molar-refractivity contribution < 1.29 is 70.3 Å². The predicted octanol–water partition coefficient (Wildman–Crippen LogP) is 23.1. The molecule has 0 aromatic rings. The first kappa shape index (κ1) is 102. The highest BCUT2D eigenvalue weighted by Gasteiger charge is 2.27. The summed E-state index contributed by atoms with van der Waals surface area (Å²) in [6.07, 6.45) is 67.0. The molecule has 620 valence electrons. The zero-order valence-corrected chi connectivity index (χ0v) is 70.2. The summed E-state index contributed by atoms with van der Waals surface area (Å²) >= 11 is 0. The number of ether oxygens (including phenoxy) is 4. The minimum Gasteiger partial charge on any atom is -0.379 e. The lowest BCUT2D eigenvalue weighted by Crippen LogP contribution is -2.41. The van der Waals surface area contributed by atoms with Crippen LogP contribution in [0.2, 0.25) is 0 Å². The van der Waals surface area contributed by atoms with E-state index in [9.17, 15) is 33.3 Å². The minimum atomic E-state index is -4.65. The third-order valence-electron chi connectivity index (χ3n) is 19.7. The number of phosphoric acid groups is 2. The van der Waals surface area contributed by atoms with Crippen LogP contribution >= 0.6 is 15.6 Å². The number of amides is 4. The average Bonchev–Trinajstić information content (AvgIpc) is 0.927. The number of urea groups is 1. The van der Waals surface area contributed by atoms with Crippen LogP contribution in [-0.4, -0.2) is 131 Å². The standard InChI is InChI=1S/C83H168N4O15P2/c1-7-13-19-25-29-33-37-39-43-49-55-61-81(88)86-77(73-95-69-63-79(59-53-47-23-17-11-5)97-67-57-51-45-41-35-31-27-21-15-9-3)75-101-103(91,92)99-71-65-84-83(90)85-66-72-100-104(93,94)102-76-78(87-82(89)62-56-50-44-40-38-34-30-26-20-14-8-2)74-96-70-64-80(60-54-48-24-18-12-6)98-68-58-52-46-42-36-32-28-22-16-10-4/h77-80H,7-76H2,1-6H3,(H,86,88)(H,87,89)(H,91,92)(H,93,94)(H2,84,85,90). The highest BCUT2D eigenvalue weighted by molar-refractivity contribution is 7.47. The number of hydrogen-bond acceptors (Lipinski definition) is 13. The first-order valence-corrected chi connectivity index (χ1v) is 47.0. The van der Waals surface area contributed by atoms with Gasteiger partial charge in [0.2, 0.25) is 11.8 Å². The molecule has 0 fully saturated rings. The van der Waals surface area contributed by atoms with Crippen molar-refractivity contribution in [3.8, 4) is 0 Å². The molecule has 6 N–H and O–H groups in total. The fourth-order valence-electron chi connectivity index (χ4n) is 13.1. The molecule has 0 aliphatic carbocycles. The van der Waals surface area contributed by atoms with Crippen LogP contribution in [0.4, 0.5) is 4.79 Å². The van der Waals surface area contributed by atoms with E-state index < -0.39 is 33.8 Å². The molecule has 104 heavy (non-hydrogen) atoms. The second kappa shape index (κ2) is 79.4. The SMILES string of the molecule is CCCCCCCCCCCCCC(=O)NC(COCCC(CCCCCCC)OCCCCCCCCCCCC)COP(=O)(O)OCCNC(=O)NCCOP(=O)(O)OCC(COCCC(CCCCCCC)OCCCCCCCCCCCC)NC(=O)CCCCCCCCCCCCC. The van der Waals surface area contributed by atoms with Gasteiger partial charge in [-0.25, -0.2) is 13.9 Å². The lowest BCUT2D eigenvalue weighted by molar-refractivity contribution is -0.123. The van der Waals surface area contributed by atoms with Gasteiger partial charge in [-0.1, -0.05) is 350 Å². The van der Waals surface area contributed by atoms with Crippen LogP contribution < -0.4 is 21.3 Å². The molecule has 0 aromatic heterocycles. The molecular formula is C83H168N4O15P2. The number of unbranched alkanes of at least 4 members (excludes halogenated alkanes) is 46. The highest BCUT2D eigenvalue weighted by Crippen LogP contribution is 2.44. The first-order valence-electron chi connectivity index (χ1n) is 44.0. The third kappa shape index (κ3) is 75.7. The molecule has 0 aliphatic rings. The largest absolute Gasteiger partial charge is 0.472 e. The van der Waals surface area contributed by atoms with Crippen molar-refractivity contribution in [2.45, 2.75) is 438 Å². The summed E-state index contributed by atoms with van der Waals surface area (Å²) in [6.45, 7) is 14.0. The smallest absolute Gasteiger partial charge is 0.379 e. The van der Waals surface area contributed by atoms with Crippen molar-refractivity contribution >= 4 is 33.5 Å². The Morgan fingerprint density at radius 3 is 0.817 bits per heavy atom. The molecular weight excluding hydrogens is 1350 g/mol. The molecule has 6 atom stereocenters. The molecule has 4 amide bonds. The van der Waals surface area contributed by atoms with Gasteiger partial charge in [-0.2, -0.15) is 0 Å². The normalized spacial score (nSPS) is 14.1. The van der Waals surface area contributed by atoms with Crippen LogP contribution in [0.5, 0.6) is 0 Å². The number of rotatable bonds is 86. The Labute approximate surface area is 639 Å². The fraction of sp³-hybridized carbons (Fsp3) is 0.964. The van der Waals surface area contributed by atoms with Crippen LogP contribution in [0.3, 0.4) is 0 Å². The second-order valence-corrected chi connectivity index (χ2v) is 32.9. The summed E-state index contributed by atoms with van der Waals surface area (Å²) in [7, 11) is -9.29. The lowest BCUT2D eigenvalue weighted by atomic mass is 10.1. The Morgan fingerprint density at radius 2 is 0.538 bits per heavy atom. The zero-order chi connectivity index (χ0) is 76.0.